The number of nitrogens with one attached hydrogen (secondary N) is 1. The summed E-state index contributed by atoms with van der Waals surface area (Å²) >= 11 is 0. The molecule has 6 nitrogen and oxygen atoms in total. The maximum Gasteiger partial charge on any atom is 0.318 e. The Morgan fingerprint density at radius 3 is 2.85 bits per heavy atom. The average Bonchev–Trinajstić information content (AvgIpc) is 3.30. The molecule has 0 spiro atoms. The van der Waals surface area contributed by atoms with Crippen molar-refractivity contribution in [1.82, 2.24) is 25.0 Å². The Hall–Kier alpha value is -2.89. The Morgan fingerprint density at radius 2 is 2.04 bits per heavy atom. The number of hydrogen-bond acceptors (Lipinski definition) is 3. The van der Waals surface area contributed by atoms with Crippen molar-refractivity contribution in [1.29, 1.82) is 0 Å². The van der Waals surface area contributed by atoms with Gasteiger partial charge in [-0.05, 0) is 36.1 Å². The molecule has 1 aliphatic heterocycles. The lowest BCUT2D eigenvalue weighted by molar-refractivity contribution is 0.189. The molecule has 2 atom stereocenters. The number of aryl methyl sites for hydroxylation is 1. The first-order valence-electron chi connectivity index (χ1n) is 9.04. The number of hydrogen-bond donors (Lipinski definition) is 1. The molecular formula is C20H23N5O. The molecule has 0 aliphatic carbocycles. The number of rotatable bonds is 3. The van der Waals surface area contributed by atoms with Crippen LogP contribution >= 0.6 is 0 Å². The van der Waals surface area contributed by atoms with Gasteiger partial charge in [0.25, 0.3) is 0 Å². The van der Waals surface area contributed by atoms with Crippen molar-refractivity contribution in [3.05, 3.63) is 60.2 Å². The molecule has 4 rings (SSSR count). The molecule has 26 heavy (non-hydrogen) atoms. The number of aromatic nitrogens is 3. The summed E-state index contributed by atoms with van der Waals surface area (Å²) in [4.78, 5) is 14.9. The van der Waals surface area contributed by atoms with E-state index in [0.717, 1.165) is 25.2 Å². The SMILES string of the molecule is C[C@H](NC(=O)N1CCC[C@H]1c1cccc2ccccc12)c1nncn1C. The number of likely N-dealkylation sites (tertiary alicyclic amines) is 1. The van der Waals surface area contributed by atoms with Gasteiger partial charge in [-0.15, -0.1) is 10.2 Å². The van der Waals surface area contributed by atoms with E-state index in [0.29, 0.717) is 0 Å². The minimum absolute atomic E-state index is 0.0454. The molecule has 2 heterocycles. The summed E-state index contributed by atoms with van der Waals surface area (Å²) in [6.07, 6.45) is 3.65. The molecule has 1 saturated heterocycles. The van der Waals surface area contributed by atoms with Gasteiger partial charge in [0, 0.05) is 13.6 Å². The fourth-order valence-electron chi connectivity index (χ4n) is 3.89. The first-order valence-corrected chi connectivity index (χ1v) is 9.04. The Kier molecular flexibility index (Phi) is 4.32. The van der Waals surface area contributed by atoms with Crippen molar-refractivity contribution in [3.8, 4) is 0 Å². The van der Waals surface area contributed by atoms with Crippen molar-refractivity contribution in [2.75, 3.05) is 6.54 Å². The predicted molar refractivity (Wildman–Crippen MR) is 101 cm³/mol. The van der Waals surface area contributed by atoms with E-state index in [2.05, 4.69) is 51.9 Å². The number of amides is 2. The number of nitrogens with zero attached hydrogens (tertiary/aromatic N) is 4. The van der Waals surface area contributed by atoms with Crippen molar-refractivity contribution < 1.29 is 4.79 Å². The normalized spacial score (nSPS) is 18.2. The largest absolute Gasteiger partial charge is 0.328 e. The Labute approximate surface area is 152 Å². The molecule has 1 fully saturated rings. The zero-order chi connectivity index (χ0) is 18.1. The second-order valence-corrected chi connectivity index (χ2v) is 6.89. The highest BCUT2D eigenvalue weighted by Gasteiger charge is 2.32. The lowest BCUT2D eigenvalue weighted by atomic mass is 9.97. The highest BCUT2D eigenvalue weighted by molar-refractivity contribution is 5.87. The van der Waals surface area contributed by atoms with Gasteiger partial charge in [-0.2, -0.15) is 0 Å². The van der Waals surface area contributed by atoms with E-state index in [-0.39, 0.29) is 18.1 Å². The summed E-state index contributed by atoms with van der Waals surface area (Å²) in [6, 6.07) is 14.6. The molecule has 6 heteroatoms. The minimum atomic E-state index is -0.191. The van der Waals surface area contributed by atoms with E-state index in [4.69, 9.17) is 0 Å². The maximum atomic E-state index is 12.9. The van der Waals surface area contributed by atoms with E-state index in [9.17, 15) is 4.79 Å². The van der Waals surface area contributed by atoms with Crippen LogP contribution in [0.1, 0.15) is 43.2 Å². The van der Waals surface area contributed by atoms with Crippen LogP contribution in [0.5, 0.6) is 0 Å². The van der Waals surface area contributed by atoms with E-state index >= 15 is 0 Å². The van der Waals surface area contributed by atoms with Crippen molar-refractivity contribution in [2.45, 2.75) is 31.8 Å². The average molecular weight is 349 g/mol. The molecule has 1 aliphatic rings. The van der Waals surface area contributed by atoms with Crippen LogP contribution in [-0.2, 0) is 7.05 Å². The number of benzene rings is 2. The van der Waals surface area contributed by atoms with Gasteiger partial charge in [-0.3, -0.25) is 0 Å². The van der Waals surface area contributed by atoms with Gasteiger partial charge < -0.3 is 14.8 Å². The predicted octanol–water partition coefficient (Wildman–Crippen LogP) is 3.58. The molecule has 0 bridgehead atoms. The van der Waals surface area contributed by atoms with E-state index in [1.54, 1.807) is 6.33 Å². The standard InChI is InChI=1S/C20H23N5O/c1-14(19-23-21-13-24(19)2)22-20(26)25-12-6-11-18(25)17-10-5-8-15-7-3-4-9-16(15)17/h3-5,7-10,13-14,18H,6,11-12H2,1-2H3,(H,22,26)/t14-,18-/m0/s1. The quantitative estimate of drug-likeness (QED) is 0.786. The van der Waals surface area contributed by atoms with Crippen LogP contribution in [0.2, 0.25) is 0 Å². The van der Waals surface area contributed by atoms with Crippen molar-refractivity contribution >= 4 is 16.8 Å². The summed E-state index contributed by atoms with van der Waals surface area (Å²) in [5.74, 6) is 0.749. The lowest BCUT2D eigenvalue weighted by Crippen LogP contribution is -2.41. The zero-order valence-electron chi connectivity index (χ0n) is 15.1. The highest BCUT2D eigenvalue weighted by atomic mass is 16.2. The summed E-state index contributed by atoms with van der Waals surface area (Å²) in [5.41, 5.74) is 1.22. The van der Waals surface area contributed by atoms with Crippen LogP contribution in [0, 0.1) is 0 Å². The molecule has 0 unspecified atom stereocenters. The van der Waals surface area contributed by atoms with Gasteiger partial charge in [0.2, 0.25) is 0 Å². The molecule has 2 amide bonds. The van der Waals surface area contributed by atoms with Gasteiger partial charge >= 0.3 is 6.03 Å². The third-order valence-corrected chi connectivity index (χ3v) is 5.17. The van der Waals surface area contributed by atoms with Crippen LogP contribution in [0.3, 0.4) is 0 Å². The monoisotopic (exact) mass is 349 g/mol. The van der Waals surface area contributed by atoms with Crippen molar-refractivity contribution in [2.24, 2.45) is 7.05 Å². The Bertz CT molecular complexity index is 929. The fourth-order valence-corrected chi connectivity index (χ4v) is 3.89. The second-order valence-electron chi connectivity index (χ2n) is 6.89. The van der Waals surface area contributed by atoms with Gasteiger partial charge in [0.1, 0.15) is 6.33 Å². The topological polar surface area (TPSA) is 63.1 Å². The third-order valence-electron chi connectivity index (χ3n) is 5.17. The lowest BCUT2D eigenvalue weighted by Gasteiger charge is -2.27. The molecule has 1 N–H and O–H groups in total. The third kappa shape index (κ3) is 2.92. The summed E-state index contributed by atoms with van der Waals surface area (Å²) in [7, 11) is 1.88. The molecule has 0 saturated carbocycles. The van der Waals surface area contributed by atoms with Gasteiger partial charge in [0.15, 0.2) is 5.82 Å². The van der Waals surface area contributed by atoms with Crippen LogP contribution in [0.15, 0.2) is 48.8 Å². The van der Waals surface area contributed by atoms with Gasteiger partial charge in [0.05, 0.1) is 12.1 Å². The number of urea groups is 1. The van der Waals surface area contributed by atoms with Crippen LogP contribution in [-0.4, -0.2) is 32.2 Å². The number of carbonyl (C=O) groups excluding carboxylic acids is 1. The molecule has 3 aromatic rings. The fraction of sp³-hybridized carbons (Fsp3) is 0.350. The molecule has 134 valence electrons. The minimum Gasteiger partial charge on any atom is -0.328 e. The molecule has 2 aromatic carbocycles. The Morgan fingerprint density at radius 1 is 1.23 bits per heavy atom. The smallest absolute Gasteiger partial charge is 0.318 e. The van der Waals surface area contributed by atoms with E-state index in [1.807, 2.05) is 29.5 Å². The summed E-state index contributed by atoms with van der Waals surface area (Å²) in [5, 5.41) is 13.5. The first kappa shape index (κ1) is 16.6. The van der Waals surface area contributed by atoms with Crippen LogP contribution in [0.25, 0.3) is 10.8 Å². The zero-order valence-corrected chi connectivity index (χ0v) is 15.1. The summed E-state index contributed by atoms with van der Waals surface area (Å²) in [6.45, 7) is 2.70. The first-order chi connectivity index (χ1) is 12.6. The summed E-state index contributed by atoms with van der Waals surface area (Å²) < 4.78 is 1.83. The van der Waals surface area contributed by atoms with Crippen LogP contribution in [0.4, 0.5) is 4.79 Å². The number of fused-ring (bicyclic) bond motifs is 1. The van der Waals surface area contributed by atoms with Crippen LogP contribution < -0.4 is 5.32 Å². The molecule has 0 radical (unpaired) electrons. The maximum absolute atomic E-state index is 12.9. The molecular weight excluding hydrogens is 326 g/mol. The Balaban J connectivity index is 1.58. The van der Waals surface area contributed by atoms with Gasteiger partial charge in [-0.25, -0.2) is 4.79 Å². The second kappa shape index (κ2) is 6.78. The molecule has 1 aromatic heterocycles. The van der Waals surface area contributed by atoms with E-state index < -0.39 is 0 Å². The highest BCUT2D eigenvalue weighted by Crippen LogP contribution is 2.36. The van der Waals surface area contributed by atoms with Gasteiger partial charge in [-0.1, -0.05) is 42.5 Å². The van der Waals surface area contributed by atoms with Crippen molar-refractivity contribution in [3.63, 3.8) is 0 Å². The number of carbonyl (C=O) groups is 1. The van der Waals surface area contributed by atoms with E-state index in [1.165, 1.54) is 16.3 Å².